The van der Waals surface area contributed by atoms with Crippen molar-refractivity contribution >= 4 is 40.2 Å². The number of hydrogen-bond donors (Lipinski definition) is 1. The molecule has 41 heavy (non-hydrogen) atoms. The molecule has 5 rings (SSSR count). The maximum Gasteiger partial charge on any atom is 0.338 e. The quantitative estimate of drug-likeness (QED) is 0.207. The number of aromatic nitrogens is 2. The number of carbonyl (C=O) groups is 2. The van der Waals surface area contributed by atoms with Crippen LogP contribution >= 0.6 is 11.6 Å². The van der Waals surface area contributed by atoms with Gasteiger partial charge in [0.1, 0.15) is 5.75 Å². The summed E-state index contributed by atoms with van der Waals surface area (Å²) < 4.78 is 10.6. The zero-order valence-electron chi connectivity index (χ0n) is 23.1. The van der Waals surface area contributed by atoms with E-state index in [0.29, 0.717) is 33.2 Å². The summed E-state index contributed by atoms with van der Waals surface area (Å²) in [6.45, 7) is 5.40. The van der Waals surface area contributed by atoms with Crippen LogP contribution in [0.3, 0.4) is 0 Å². The van der Waals surface area contributed by atoms with Gasteiger partial charge in [-0.1, -0.05) is 71.3 Å². The van der Waals surface area contributed by atoms with Gasteiger partial charge in [-0.05, 0) is 50.6 Å². The van der Waals surface area contributed by atoms with Crippen molar-refractivity contribution in [1.82, 2.24) is 9.97 Å². The first-order valence-corrected chi connectivity index (χ1v) is 13.4. The molecule has 1 N–H and O–H groups in total. The number of ether oxygens (including phenoxy) is 2. The summed E-state index contributed by atoms with van der Waals surface area (Å²) in [6.07, 6.45) is 0. The zero-order chi connectivity index (χ0) is 29.1. The molecule has 0 fully saturated rings. The van der Waals surface area contributed by atoms with E-state index in [0.717, 1.165) is 33.5 Å². The van der Waals surface area contributed by atoms with Crippen molar-refractivity contribution in [3.05, 3.63) is 106 Å². The topological polar surface area (TPSA) is 90.4 Å². The minimum atomic E-state index is -0.650. The van der Waals surface area contributed by atoms with Crippen LogP contribution in [0.1, 0.15) is 27.0 Å². The lowest BCUT2D eigenvalue weighted by atomic mass is 10.0. The molecule has 0 saturated carbocycles. The summed E-state index contributed by atoms with van der Waals surface area (Å²) in [5.74, 6) is -0.756. The van der Waals surface area contributed by atoms with Gasteiger partial charge < -0.3 is 14.8 Å². The molecule has 7 nitrogen and oxygen atoms in total. The number of amides is 1. The van der Waals surface area contributed by atoms with Crippen molar-refractivity contribution in [1.29, 1.82) is 0 Å². The molecular weight excluding hydrogens is 538 g/mol. The Bertz CT molecular complexity index is 1770. The van der Waals surface area contributed by atoms with Crippen LogP contribution in [0, 0.1) is 20.8 Å². The van der Waals surface area contributed by atoms with Crippen molar-refractivity contribution in [3.8, 4) is 28.3 Å². The van der Waals surface area contributed by atoms with Gasteiger partial charge in [-0.3, -0.25) is 4.79 Å². The SMILES string of the molecule is COc1cc(Cl)c(C)cc1NC(=O)COC(=O)c1ccc2nc(-c3ccc(C)cc3)c(-c3ccc(C)cc3)nc2c1. The van der Waals surface area contributed by atoms with Crippen LogP contribution < -0.4 is 10.1 Å². The minimum Gasteiger partial charge on any atom is -0.495 e. The van der Waals surface area contributed by atoms with Crippen LogP contribution in [0.4, 0.5) is 5.69 Å². The summed E-state index contributed by atoms with van der Waals surface area (Å²) in [7, 11) is 1.48. The van der Waals surface area contributed by atoms with Crippen molar-refractivity contribution in [2.24, 2.45) is 0 Å². The molecule has 0 spiro atoms. The lowest BCUT2D eigenvalue weighted by Gasteiger charge is -2.13. The Morgan fingerprint density at radius 1 is 0.780 bits per heavy atom. The molecule has 0 bridgehead atoms. The van der Waals surface area contributed by atoms with Crippen LogP contribution in [-0.4, -0.2) is 35.6 Å². The second kappa shape index (κ2) is 11.8. The number of esters is 1. The first-order chi connectivity index (χ1) is 19.7. The molecular formula is C33H28ClN3O4. The predicted molar refractivity (Wildman–Crippen MR) is 162 cm³/mol. The standard InChI is InChI=1S/C33H28ClN3O4/c1-19-5-9-22(10-6-19)31-32(23-11-7-20(2)8-12-23)37-27-16-24(13-14-26(27)36-31)33(39)41-18-30(38)35-28-15-21(3)25(34)17-29(28)40-4/h5-17H,18H2,1-4H3,(H,35,38). The van der Waals surface area contributed by atoms with Gasteiger partial charge in [-0.25, -0.2) is 14.8 Å². The normalized spacial score (nSPS) is 10.9. The molecule has 8 heteroatoms. The molecule has 0 atom stereocenters. The largest absolute Gasteiger partial charge is 0.495 e. The van der Waals surface area contributed by atoms with E-state index in [1.54, 1.807) is 30.3 Å². The summed E-state index contributed by atoms with van der Waals surface area (Å²) in [5, 5.41) is 3.21. The summed E-state index contributed by atoms with van der Waals surface area (Å²) in [6, 6.07) is 24.5. The van der Waals surface area contributed by atoms with Crippen molar-refractivity contribution in [3.63, 3.8) is 0 Å². The van der Waals surface area contributed by atoms with Gasteiger partial charge in [0, 0.05) is 22.2 Å². The fraction of sp³-hybridized carbons (Fsp3) is 0.152. The number of benzene rings is 4. The highest BCUT2D eigenvalue weighted by atomic mass is 35.5. The Morgan fingerprint density at radius 3 is 1.95 bits per heavy atom. The van der Waals surface area contributed by atoms with E-state index in [1.807, 2.05) is 69.3 Å². The van der Waals surface area contributed by atoms with Gasteiger partial charge in [0.25, 0.3) is 5.91 Å². The number of carbonyl (C=O) groups excluding carboxylic acids is 2. The zero-order valence-corrected chi connectivity index (χ0v) is 23.9. The molecule has 206 valence electrons. The van der Waals surface area contributed by atoms with Crippen LogP contribution in [0.5, 0.6) is 5.75 Å². The van der Waals surface area contributed by atoms with Gasteiger partial charge in [-0.2, -0.15) is 0 Å². The summed E-state index contributed by atoms with van der Waals surface area (Å²) >= 11 is 6.14. The third-order valence-corrected chi connectivity index (χ3v) is 7.05. The highest BCUT2D eigenvalue weighted by Crippen LogP contribution is 2.32. The number of hydrogen-bond acceptors (Lipinski definition) is 6. The highest BCUT2D eigenvalue weighted by molar-refractivity contribution is 6.31. The first-order valence-electron chi connectivity index (χ1n) is 13.0. The van der Waals surface area contributed by atoms with Crippen LogP contribution in [0.15, 0.2) is 78.9 Å². The minimum absolute atomic E-state index is 0.262. The molecule has 1 amide bonds. The number of nitrogens with zero attached hydrogens (tertiary/aromatic N) is 2. The fourth-order valence-corrected chi connectivity index (χ4v) is 4.49. The number of anilines is 1. The number of halogens is 1. The van der Waals surface area contributed by atoms with E-state index in [2.05, 4.69) is 5.32 Å². The van der Waals surface area contributed by atoms with Crippen molar-refractivity contribution in [2.45, 2.75) is 20.8 Å². The smallest absolute Gasteiger partial charge is 0.338 e. The number of aryl methyl sites for hydroxylation is 3. The van der Waals surface area contributed by atoms with E-state index in [4.69, 9.17) is 31.0 Å². The van der Waals surface area contributed by atoms with E-state index >= 15 is 0 Å². The average Bonchev–Trinajstić information content (AvgIpc) is 2.97. The molecule has 0 radical (unpaired) electrons. The average molecular weight is 566 g/mol. The Kier molecular flexibility index (Phi) is 7.99. The number of rotatable bonds is 7. The third-order valence-electron chi connectivity index (χ3n) is 6.64. The summed E-state index contributed by atoms with van der Waals surface area (Å²) in [4.78, 5) is 35.3. The predicted octanol–water partition coefficient (Wildman–Crippen LogP) is 7.35. The van der Waals surface area contributed by atoms with Gasteiger partial charge in [0.05, 0.1) is 40.8 Å². The van der Waals surface area contributed by atoms with Gasteiger partial charge >= 0.3 is 5.97 Å². The highest BCUT2D eigenvalue weighted by Gasteiger charge is 2.17. The second-order valence-corrected chi connectivity index (χ2v) is 10.2. The van der Waals surface area contributed by atoms with Gasteiger partial charge in [0.2, 0.25) is 0 Å². The van der Waals surface area contributed by atoms with Gasteiger partial charge in [0.15, 0.2) is 6.61 Å². The van der Waals surface area contributed by atoms with Crippen LogP contribution in [0.2, 0.25) is 5.02 Å². The van der Waals surface area contributed by atoms with E-state index in [-0.39, 0.29) is 5.56 Å². The fourth-order valence-electron chi connectivity index (χ4n) is 4.34. The van der Waals surface area contributed by atoms with E-state index in [9.17, 15) is 9.59 Å². The summed E-state index contributed by atoms with van der Waals surface area (Å²) in [5.41, 5.74) is 8.25. The van der Waals surface area contributed by atoms with E-state index in [1.165, 1.54) is 7.11 Å². The maximum atomic E-state index is 12.9. The molecule has 4 aromatic carbocycles. The van der Waals surface area contributed by atoms with Gasteiger partial charge in [-0.15, -0.1) is 0 Å². The number of fused-ring (bicyclic) bond motifs is 1. The Morgan fingerprint density at radius 2 is 1.37 bits per heavy atom. The third kappa shape index (κ3) is 6.21. The second-order valence-electron chi connectivity index (χ2n) is 9.78. The Balaban J connectivity index is 1.40. The Labute approximate surface area is 243 Å². The lowest BCUT2D eigenvalue weighted by molar-refractivity contribution is -0.119. The molecule has 0 unspecified atom stereocenters. The first kappa shape index (κ1) is 27.8. The molecule has 0 aliphatic heterocycles. The lowest BCUT2D eigenvalue weighted by Crippen LogP contribution is -2.21. The monoisotopic (exact) mass is 565 g/mol. The molecule has 0 aliphatic rings. The molecule has 5 aromatic rings. The van der Waals surface area contributed by atoms with Crippen LogP contribution in [-0.2, 0) is 9.53 Å². The van der Waals surface area contributed by atoms with E-state index < -0.39 is 18.5 Å². The number of methoxy groups -OCH3 is 1. The maximum absolute atomic E-state index is 12.9. The Hall–Kier alpha value is -4.75. The van der Waals surface area contributed by atoms with Crippen molar-refractivity contribution in [2.75, 3.05) is 19.0 Å². The molecule has 0 aliphatic carbocycles. The molecule has 0 saturated heterocycles. The van der Waals surface area contributed by atoms with Crippen molar-refractivity contribution < 1.29 is 19.1 Å². The number of nitrogens with one attached hydrogen (secondary N) is 1. The molecule has 1 aromatic heterocycles. The van der Waals surface area contributed by atoms with Crippen LogP contribution in [0.25, 0.3) is 33.5 Å². The molecule has 1 heterocycles.